The molecule has 0 fully saturated rings. The molecule has 0 radical (unpaired) electrons. The fourth-order valence-electron chi connectivity index (χ4n) is 3.37. The van der Waals surface area contributed by atoms with Crippen LogP contribution >= 0.6 is 11.3 Å². The van der Waals surface area contributed by atoms with Gasteiger partial charge < -0.3 is 18.9 Å². The van der Waals surface area contributed by atoms with Gasteiger partial charge in [-0.15, -0.1) is 5.10 Å². The molecular formula is C21H22N6O7S2. The fraction of sp³-hybridized carbons (Fsp3) is 0.238. The minimum Gasteiger partial charge on any atom is -0.496 e. The Labute approximate surface area is 209 Å². The zero-order valence-corrected chi connectivity index (χ0v) is 21.5. The van der Waals surface area contributed by atoms with Gasteiger partial charge in [-0.3, -0.25) is 9.52 Å². The SMILES string of the molecule is COc1cc(OC)c(/C=C/S(=O)(=O)Nc2cnc3c(-c4nnc(OC)s4)c(=O)n(C)n3c2)c(OC)c1. The summed E-state index contributed by atoms with van der Waals surface area (Å²) in [5.41, 5.74) is 0.677. The molecule has 3 heterocycles. The number of aromatic nitrogens is 5. The van der Waals surface area contributed by atoms with Gasteiger partial charge in [-0.05, 0) is 6.08 Å². The largest absolute Gasteiger partial charge is 0.496 e. The van der Waals surface area contributed by atoms with E-state index < -0.39 is 10.0 Å². The van der Waals surface area contributed by atoms with Gasteiger partial charge in [0.1, 0.15) is 22.8 Å². The molecule has 0 aliphatic rings. The number of nitrogens with one attached hydrogen (secondary N) is 1. The van der Waals surface area contributed by atoms with Crippen molar-refractivity contribution in [2.24, 2.45) is 7.05 Å². The highest BCUT2D eigenvalue weighted by atomic mass is 32.2. The van der Waals surface area contributed by atoms with Crippen molar-refractivity contribution in [1.29, 1.82) is 0 Å². The Balaban J connectivity index is 1.67. The molecule has 1 N–H and O–H groups in total. The van der Waals surface area contributed by atoms with Crippen LogP contribution in [0.2, 0.25) is 0 Å². The predicted molar refractivity (Wildman–Crippen MR) is 134 cm³/mol. The lowest BCUT2D eigenvalue weighted by Crippen LogP contribution is -2.16. The second-order valence-corrected chi connectivity index (χ2v) is 9.69. The van der Waals surface area contributed by atoms with E-state index in [4.69, 9.17) is 18.9 Å². The third-order valence-corrected chi connectivity index (χ3v) is 7.00. The topological polar surface area (TPSA) is 148 Å². The minimum absolute atomic E-state index is 0.132. The molecule has 0 bridgehead atoms. The molecule has 0 aliphatic heterocycles. The van der Waals surface area contributed by atoms with Gasteiger partial charge in [0.15, 0.2) is 10.7 Å². The van der Waals surface area contributed by atoms with Crippen molar-refractivity contribution >= 4 is 38.8 Å². The maximum Gasteiger partial charge on any atom is 0.294 e. The number of hydrogen-bond donors (Lipinski definition) is 1. The van der Waals surface area contributed by atoms with Crippen molar-refractivity contribution in [1.82, 2.24) is 24.4 Å². The number of benzene rings is 1. The Morgan fingerprint density at radius 1 is 1.03 bits per heavy atom. The Morgan fingerprint density at radius 2 is 1.72 bits per heavy atom. The van der Waals surface area contributed by atoms with E-state index in [1.54, 1.807) is 12.1 Å². The molecule has 0 aliphatic carbocycles. The van der Waals surface area contributed by atoms with E-state index in [0.29, 0.717) is 33.0 Å². The lowest BCUT2D eigenvalue weighted by molar-refractivity contribution is 0.374. The monoisotopic (exact) mass is 534 g/mol. The Kier molecular flexibility index (Phi) is 6.85. The molecule has 0 spiro atoms. The van der Waals surface area contributed by atoms with Crippen LogP contribution in [-0.2, 0) is 17.1 Å². The number of aryl methyl sites for hydroxylation is 1. The highest BCUT2D eigenvalue weighted by molar-refractivity contribution is 7.95. The number of methoxy groups -OCH3 is 4. The van der Waals surface area contributed by atoms with Gasteiger partial charge in [-0.25, -0.2) is 22.6 Å². The molecule has 0 saturated heterocycles. The van der Waals surface area contributed by atoms with Crippen LogP contribution in [0.4, 0.5) is 5.69 Å². The van der Waals surface area contributed by atoms with Gasteiger partial charge in [-0.2, -0.15) is 0 Å². The molecule has 36 heavy (non-hydrogen) atoms. The van der Waals surface area contributed by atoms with Crippen molar-refractivity contribution in [3.63, 3.8) is 0 Å². The molecule has 0 unspecified atom stereocenters. The summed E-state index contributed by atoms with van der Waals surface area (Å²) in [7, 11) is 3.39. The summed E-state index contributed by atoms with van der Waals surface area (Å²) in [6, 6.07) is 3.22. The van der Waals surface area contributed by atoms with Crippen molar-refractivity contribution in [3.05, 3.63) is 45.9 Å². The van der Waals surface area contributed by atoms with Crippen LogP contribution in [0.25, 0.3) is 22.3 Å². The lowest BCUT2D eigenvalue weighted by Gasteiger charge is -2.12. The quantitative estimate of drug-likeness (QED) is 0.338. The standard InChI is InChI=1S/C21H22N6O7S2/c1-26-20(28)17(19-23-24-21(34-5)35-19)18-22-10-12(11-27(18)26)25-36(29,30)7-6-14-15(32-3)8-13(31-2)9-16(14)33-4/h6-11,25H,1-5H3/b7-6+. The normalized spacial score (nSPS) is 11.7. The van der Waals surface area contributed by atoms with Crippen LogP contribution in [0.5, 0.6) is 22.4 Å². The lowest BCUT2D eigenvalue weighted by atomic mass is 10.1. The summed E-state index contributed by atoms with van der Waals surface area (Å²) in [4.78, 5) is 17.1. The zero-order valence-electron chi connectivity index (χ0n) is 19.9. The van der Waals surface area contributed by atoms with E-state index in [-0.39, 0.29) is 22.5 Å². The minimum atomic E-state index is -3.99. The van der Waals surface area contributed by atoms with Gasteiger partial charge in [-0.1, -0.05) is 16.4 Å². The van der Waals surface area contributed by atoms with E-state index in [9.17, 15) is 13.2 Å². The van der Waals surface area contributed by atoms with Gasteiger partial charge in [0.05, 0.1) is 57.5 Å². The second-order valence-electron chi connectivity index (χ2n) is 7.19. The highest BCUT2D eigenvalue weighted by Gasteiger charge is 2.21. The number of fused-ring (bicyclic) bond motifs is 1. The Morgan fingerprint density at radius 3 is 2.31 bits per heavy atom. The van der Waals surface area contributed by atoms with Crippen LogP contribution in [0.15, 0.2) is 34.7 Å². The number of sulfonamides is 1. The van der Waals surface area contributed by atoms with Gasteiger partial charge in [0, 0.05) is 19.2 Å². The van der Waals surface area contributed by atoms with Gasteiger partial charge in [0.25, 0.3) is 20.8 Å². The summed E-state index contributed by atoms with van der Waals surface area (Å²) in [6.45, 7) is 0. The first-order valence-electron chi connectivity index (χ1n) is 10.2. The van der Waals surface area contributed by atoms with E-state index in [1.807, 2.05) is 0 Å². The van der Waals surface area contributed by atoms with Crippen LogP contribution < -0.4 is 29.2 Å². The molecular weight excluding hydrogens is 512 g/mol. The Bertz CT molecular complexity index is 1600. The average Bonchev–Trinajstić information content (AvgIpc) is 3.44. The summed E-state index contributed by atoms with van der Waals surface area (Å²) < 4.78 is 51.7. The van der Waals surface area contributed by atoms with Crippen LogP contribution in [0.3, 0.4) is 0 Å². The fourth-order valence-corrected chi connectivity index (χ4v) is 4.87. The zero-order chi connectivity index (χ0) is 26.0. The molecule has 4 rings (SSSR count). The first-order valence-corrected chi connectivity index (χ1v) is 12.5. The summed E-state index contributed by atoms with van der Waals surface area (Å²) in [5, 5.41) is 9.44. The van der Waals surface area contributed by atoms with Crippen LogP contribution in [-0.4, -0.2) is 61.2 Å². The summed E-state index contributed by atoms with van der Waals surface area (Å²) >= 11 is 1.10. The maximum absolute atomic E-state index is 12.8. The number of rotatable bonds is 9. The third-order valence-electron chi connectivity index (χ3n) is 5.08. The number of ether oxygens (including phenoxy) is 4. The predicted octanol–water partition coefficient (Wildman–Crippen LogP) is 2.00. The van der Waals surface area contributed by atoms with E-state index in [1.165, 1.54) is 63.2 Å². The molecule has 13 nitrogen and oxygen atoms in total. The molecule has 0 saturated carbocycles. The van der Waals surface area contributed by atoms with Gasteiger partial charge >= 0.3 is 0 Å². The van der Waals surface area contributed by atoms with Crippen molar-refractivity contribution in [3.8, 4) is 33.0 Å². The molecule has 0 amide bonds. The van der Waals surface area contributed by atoms with Crippen LogP contribution in [0.1, 0.15) is 5.56 Å². The molecule has 3 aromatic heterocycles. The van der Waals surface area contributed by atoms with Gasteiger partial charge in [0.2, 0.25) is 0 Å². The summed E-state index contributed by atoms with van der Waals surface area (Å²) in [6.07, 6.45) is 4.08. The Hall–Kier alpha value is -4.11. The van der Waals surface area contributed by atoms with Crippen molar-refractivity contribution in [2.75, 3.05) is 33.2 Å². The highest BCUT2D eigenvalue weighted by Crippen LogP contribution is 2.35. The smallest absolute Gasteiger partial charge is 0.294 e. The molecule has 4 aromatic rings. The maximum atomic E-state index is 12.8. The number of hydrogen-bond acceptors (Lipinski definition) is 11. The van der Waals surface area contributed by atoms with Crippen molar-refractivity contribution < 1.29 is 27.4 Å². The molecule has 1 aromatic carbocycles. The van der Waals surface area contributed by atoms with E-state index >= 15 is 0 Å². The van der Waals surface area contributed by atoms with Crippen molar-refractivity contribution in [2.45, 2.75) is 0 Å². The van der Waals surface area contributed by atoms with E-state index in [2.05, 4.69) is 19.9 Å². The van der Waals surface area contributed by atoms with Crippen LogP contribution in [0, 0.1) is 0 Å². The number of anilines is 1. The molecule has 0 atom stereocenters. The third kappa shape index (κ3) is 4.70. The first-order chi connectivity index (χ1) is 17.2. The molecule has 15 heteroatoms. The number of nitrogens with zero attached hydrogens (tertiary/aromatic N) is 5. The van der Waals surface area contributed by atoms with E-state index in [0.717, 1.165) is 16.7 Å². The second kappa shape index (κ2) is 9.87. The summed E-state index contributed by atoms with van der Waals surface area (Å²) in [5.74, 6) is 1.22. The average molecular weight is 535 g/mol. The molecule has 190 valence electrons. The first kappa shape index (κ1) is 25.0.